The van der Waals surface area contributed by atoms with Gasteiger partial charge in [-0.1, -0.05) is 61.7 Å². The highest BCUT2D eigenvalue weighted by Gasteiger charge is 2.27. The molecule has 0 bridgehead atoms. The second-order valence-electron chi connectivity index (χ2n) is 5.42. The van der Waals surface area contributed by atoms with Gasteiger partial charge >= 0.3 is 0 Å². The van der Waals surface area contributed by atoms with Gasteiger partial charge in [-0.2, -0.15) is 0 Å². The van der Waals surface area contributed by atoms with E-state index in [4.69, 9.17) is 0 Å². The lowest BCUT2D eigenvalue weighted by atomic mass is 9.85. The Hall–Kier alpha value is -1.37. The Morgan fingerprint density at radius 2 is 1.89 bits per heavy atom. The second kappa shape index (κ2) is 6.70. The van der Waals surface area contributed by atoms with Crippen molar-refractivity contribution in [3.05, 3.63) is 47.0 Å². The molecular formula is C18H24O. The number of carbonyl (C=O) groups is 1. The lowest BCUT2D eigenvalue weighted by Gasteiger charge is -2.18. The summed E-state index contributed by atoms with van der Waals surface area (Å²) in [5, 5.41) is 0. The van der Waals surface area contributed by atoms with Gasteiger partial charge in [0.2, 0.25) is 0 Å². The molecule has 0 fully saturated rings. The van der Waals surface area contributed by atoms with E-state index in [1.54, 1.807) is 5.57 Å². The molecule has 1 aromatic carbocycles. The maximum atomic E-state index is 12.7. The van der Waals surface area contributed by atoms with Crippen LogP contribution in [0.1, 0.15) is 62.7 Å². The molecule has 0 aliphatic heterocycles. The largest absolute Gasteiger partial charge is 0.294 e. The third kappa shape index (κ3) is 3.15. The van der Waals surface area contributed by atoms with Crippen LogP contribution in [-0.2, 0) is 0 Å². The van der Waals surface area contributed by atoms with Gasteiger partial charge in [0.05, 0.1) is 0 Å². The molecule has 0 saturated carbocycles. The highest BCUT2D eigenvalue weighted by atomic mass is 16.1. The third-order valence-electron chi connectivity index (χ3n) is 4.13. The smallest absolute Gasteiger partial charge is 0.169 e. The highest BCUT2D eigenvalue weighted by Crippen LogP contribution is 2.36. The molecule has 1 aliphatic carbocycles. The van der Waals surface area contributed by atoms with Gasteiger partial charge in [-0.15, -0.1) is 0 Å². The minimum absolute atomic E-state index is 0.117. The Labute approximate surface area is 116 Å². The van der Waals surface area contributed by atoms with Gasteiger partial charge in [-0.3, -0.25) is 4.79 Å². The average Bonchev–Trinajstić information content (AvgIpc) is 2.89. The molecule has 0 heterocycles. The van der Waals surface area contributed by atoms with Gasteiger partial charge in [0.1, 0.15) is 0 Å². The van der Waals surface area contributed by atoms with Crippen molar-refractivity contribution in [2.45, 2.75) is 52.4 Å². The molecule has 0 amide bonds. The van der Waals surface area contributed by atoms with Crippen molar-refractivity contribution >= 4 is 5.78 Å². The molecule has 0 spiro atoms. The molecular weight excluding hydrogens is 232 g/mol. The van der Waals surface area contributed by atoms with Crippen molar-refractivity contribution in [2.75, 3.05) is 0 Å². The lowest BCUT2D eigenvalue weighted by Crippen LogP contribution is -2.16. The van der Waals surface area contributed by atoms with Crippen LogP contribution in [0.25, 0.3) is 0 Å². The first-order chi connectivity index (χ1) is 9.27. The monoisotopic (exact) mass is 256 g/mol. The van der Waals surface area contributed by atoms with E-state index in [1.807, 2.05) is 30.3 Å². The fourth-order valence-corrected chi connectivity index (χ4v) is 3.23. The first-order valence-corrected chi connectivity index (χ1v) is 7.58. The van der Waals surface area contributed by atoms with Gasteiger partial charge < -0.3 is 0 Å². The van der Waals surface area contributed by atoms with Crippen LogP contribution < -0.4 is 0 Å². The zero-order valence-corrected chi connectivity index (χ0v) is 12.1. The predicted molar refractivity (Wildman–Crippen MR) is 80.3 cm³/mol. The van der Waals surface area contributed by atoms with Gasteiger partial charge in [-0.05, 0) is 32.1 Å². The standard InChI is InChI=1S/C18H24O/c1-3-9-14-12-8-13-17(14)16(4-2)18(19)15-10-6-5-7-11-15/h5-7,10-11,16H,3-4,8-9,12-13H2,1-2H3. The molecule has 1 atom stereocenters. The summed E-state index contributed by atoms with van der Waals surface area (Å²) < 4.78 is 0. The minimum atomic E-state index is 0.117. The van der Waals surface area contributed by atoms with Crippen LogP contribution in [0.2, 0.25) is 0 Å². The van der Waals surface area contributed by atoms with Crippen molar-refractivity contribution < 1.29 is 4.79 Å². The molecule has 0 radical (unpaired) electrons. The van der Waals surface area contributed by atoms with E-state index in [0.29, 0.717) is 5.78 Å². The summed E-state index contributed by atoms with van der Waals surface area (Å²) in [6.45, 7) is 4.36. The number of ketones is 1. The number of hydrogen-bond acceptors (Lipinski definition) is 1. The van der Waals surface area contributed by atoms with Crippen molar-refractivity contribution in [3.8, 4) is 0 Å². The number of hydrogen-bond donors (Lipinski definition) is 0. The van der Waals surface area contributed by atoms with E-state index in [2.05, 4.69) is 13.8 Å². The van der Waals surface area contributed by atoms with Gasteiger partial charge in [-0.25, -0.2) is 0 Å². The fourth-order valence-electron chi connectivity index (χ4n) is 3.23. The first kappa shape index (κ1) is 14.0. The quantitative estimate of drug-likeness (QED) is 0.506. The predicted octanol–water partition coefficient (Wildman–Crippen LogP) is 5.18. The third-order valence-corrected chi connectivity index (χ3v) is 4.13. The van der Waals surface area contributed by atoms with E-state index in [0.717, 1.165) is 18.4 Å². The highest BCUT2D eigenvalue weighted by molar-refractivity contribution is 5.99. The molecule has 0 saturated heterocycles. The average molecular weight is 256 g/mol. The normalized spacial score (nSPS) is 16.7. The fraction of sp³-hybridized carbons (Fsp3) is 0.500. The van der Waals surface area contributed by atoms with E-state index < -0.39 is 0 Å². The van der Waals surface area contributed by atoms with Crippen LogP contribution in [0.5, 0.6) is 0 Å². The Balaban J connectivity index is 2.25. The van der Waals surface area contributed by atoms with Crippen LogP contribution in [0.4, 0.5) is 0 Å². The topological polar surface area (TPSA) is 17.1 Å². The Kier molecular flexibility index (Phi) is 4.95. The van der Waals surface area contributed by atoms with E-state index in [9.17, 15) is 4.79 Å². The number of rotatable bonds is 6. The number of allylic oxidation sites excluding steroid dienone is 2. The Morgan fingerprint density at radius 1 is 1.16 bits per heavy atom. The molecule has 0 aromatic heterocycles. The van der Waals surface area contributed by atoms with Crippen molar-refractivity contribution in [1.82, 2.24) is 0 Å². The minimum Gasteiger partial charge on any atom is -0.294 e. The summed E-state index contributed by atoms with van der Waals surface area (Å²) >= 11 is 0. The number of carbonyl (C=O) groups excluding carboxylic acids is 1. The summed E-state index contributed by atoms with van der Waals surface area (Å²) in [6.07, 6.45) is 6.87. The van der Waals surface area contributed by atoms with E-state index in [1.165, 1.54) is 31.3 Å². The van der Waals surface area contributed by atoms with Crippen LogP contribution in [0.3, 0.4) is 0 Å². The Morgan fingerprint density at radius 3 is 2.53 bits per heavy atom. The van der Waals surface area contributed by atoms with Crippen LogP contribution in [0.15, 0.2) is 41.5 Å². The second-order valence-corrected chi connectivity index (χ2v) is 5.42. The van der Waals surface area contributed by atoms with Crippen molar-refractivity contribution in [3.63, 3.8) is 0 Å². The summed E-state index contributed by atoms with van der Waals surface area (Å²) in [7, 11) is 0. The summed E-state index contributed by atoms with van der Waals surface area (Å²) in [5.41, 5.74) is 3.89. The van der Waals surface area contributed by atoms with Crippen molar-refractivity contribution in [1.29, 1.82) is 0 Å². The summed E-state index contributed by atoms with van der Waals surface area (Å²) in [6, 6.07) is 9.76. The van der Waals surface area contributed by atoms with Gasteiger partial charge in [0.15, 0.2) is 5.78 Å². The SMILES string of the molecule is CCCC1=C(C(CC)C(=O)c2ccccc2)CCC1. The maximum absolute atomic E-state index is 12.7. The molecule has 19 heavy (non-hydrogen) atoms. The number of Topliss-reactive ketones (excluding diaryl/α,β-unsaturated/α-hetero) is 1. The molecule has 1 unspecified atom stereocenters. The first-order valence-electron chi connectivity index (χ1n) is 7.58. The maximum Gasteiger partial charge on any atom is 0.169 e. The summed E-state index contributed by atoms with van der Waals surface area (Å²) in [5.74, 6) is 0.431. The number of benzene rings is 1. The Bertz CT molecular complexity index is 456. The van der Waals surface area contributed by atoms with Crippen LogP contribution >= 0.6 is 0 Å². The van der Waals surface area contributed by atoms with Gasteiger partial charge in [0.25, 0.3) is 0 Å². The molecule has 2 rings (SSSR count). The van der Waals surface area contributed by atoms with E-state index >= 15 is 0 Å². The molecule has 1 heteroatoms. The summed E-state index contributed by atoms with van der Waals surface area (Å²) in [4.78, 5) is 12.7. The van der Waals surface area contributed by atoms with Crippen molar-refractivity contribution in [2.24, 2.45) is 5.92 Å². The lowest BCUT2D eigenvalue weighted by molar-refractivity contribution is 0.0935. The molecule has 1 aromatic rings. The molecule has 102 valence electrons. The van der Waals surface area contributed by atoms with Crippen LogP contribution in [0, 0.1) is 5.92 Å². The van der Waals surface area contributed by atoms with Gasteiger partial charge in [0, 0.05) is 11.5 Å². The van der Waals surface area contributed by atoms with E-state index in [-0.39, 0.29) is 5.92 Å². The van der Waals surface area contributed by atoms with Crippen LogP contribution in [-0.4, -0.2) is 5.78 Å². The molecule has 1 nitrogen and oxygen atoms in total. The zero-order chi connectivity index (χ0) is 13.7. The molecule has 0 N–H and O–H groups in total. The zero-order valence-electron chi connectivity index (χ0n) is 12.1. The molecule has 1 aliphatic rings.